The van der Waals surface area contributed by atoms with Gasteiger partial charge < -0.3 is 15.7 Å². The molecule has 1 amide bonds. The quantitative estimate of drug-likeness (QED) is 0.741. The van der Waals surface area contributed by atoms with Crippen LogP contribution in [0.1, 0.15) is 44.1 Å². The molecule has 0 aromatic heterocycles. The zero-order valence-corrected chi connectivity index (χ0v) is 12.3. The van der Waals surface area contributed by atoms with E-state index in [1.807, 2.05) is 26.1 Å². The normalized spacial score (nSPS) is 17.7. The van der Waals surface area contributed by atoms with Gasteiger partial charge in [-0.25, -0.2) is 0 Å². The summed E-state index contributed by atoms with van der Waals surface area (Å²) in [6, 6.07) is 5.38. The lowest BCUT2D eigenvalue weighted by Crippen LogP contribution is -2.47. The highest BCUT2D eigenvalue weighted by Gasteiger charge is 2.32. The third-order valence-electron chi connectivity index (χ3n) is 4.35. The van der Waals surface area contributed by atoms with Crippen LogP contribution in [0.25, 0.3) is 0 Å². The van der Waals surface area contributed by atoms with Gasteiger partial charge in [0.1, 0.15) is 5.75 Å². The second-order valence-corrected chi connectivity index (χ2v) is 5.79. The summed E-state index contributed by atoms with van der Waals surface area (Å²) < 4.78 is 0. The lowest BCUT2D eigenvalue weighted by molar-refractivity contribution is -0.117. The Labute approximate surface area is 120 Å². The summed E-state index contributed by atoms with van der Waals surface area (Å²) in [7, 11) is 1.93. The molecule has 0 spiro atoms. The molecule has 20 heavy (non-hydrogen) atoms. The van der Waals surface area contributed by atoms with Crippen LogP contribution in [0, 0.1) is 6.92 Å². The van der Waals surface area contributed by atoms with Crippen LogP contribution in [-0.4, -0.2) is 23.6 Å². The molecule has 3 N–H and O–H groups in total. The number of rotatable bonds is 4. The van der Waals surface area contributed by atoms with Crippen LogP contribution in [0.2, 0.25) is 0 Å². The minimum absolute atomic E-state index is 0.0397. The first-order chi connectivity index (χ1) is 9.56. The highest BCUT2D eigenvalue weighted by atomic mass is 16.3. The molecule has 1 aromatic carbocycles. The molecule has 4 heteroatoms. The van der Waals surface area contributed by atoms with Crippen molar-refractivity contribution in [3.05, 3.63) is 23.8 Å². The zero-order valence-electron chi connectivity index (χ0n) is 12.3. The van der Waals surface area contributed by atoms with Gasteiger partial charge in [0.05, 0.1) is 5.69 Å². The molecular weight excluding hydrogens is 252 g/mol. The maximum atomic E-state index is 12.2. The summed E-state index contributed by atoms with van der Waals surface area (Å²) in [4.78, 5) is 12.2. The van der Waals surface area contributed by atoms with E-state index in [4.69, 9.17) is 0 Å². The van der Waals surface area contributed by atoms with Crippen LogP contribution in [0.15, 0.2) is 18.2 Å². The number of aromatic hydroxyl groups is 1. The Balaban J connectivity index is 2.03. The standard InChI is InChI=1S/C16H24N2O2/c1-12-7-6-8-13(15(12)20)18-14(19)11-16(17-2)9-4-3-5-10-16/h6-8,17,20H,3-5,9-11H2,1-2H3,(H,18,19). The first-order valence-electron chi connectivity index (χ1n) is 7.34. The number of anilines is 1. The van der Waals surface area contributed by atoms with E-state index in [9.17, 15) is 9.90 Å². The molecule has 0 atom stereocenters. The van der Waals surface area contributed by atoms with Crippen molar-refractivity contribution in [2.75, 3.05) is 12.4 Å². The molecule has 2 rings (SSSR count). The first kappa shape index (κ1) is 14.9. The van der Waals surface area contributed by atoms with Crippen molar-refractivity contribution in [1.29, 1.82) is 0 Å². The molecule has 1 aromatic rings. The number of carbonyl (C=O) groups excluding carboxylic acids is 1. The lowest BCUT2D eigenvalue weighted by atomic mass is 9.79. The number of carbonyl (C=O) groups is 1. The van der Waals surface area contributed by atoms with Crippen molar-refractivity contribution in [2.24, 2.45) is 0 Å². The van der Waals surface area contributed by atoms with Gasteiger partial charge in [-0.05, 0) is 38.4 Å². The Morgan fingerprint density at radius 3 is 2.65 bits per heavy atom. The monoisotopic (exact) mass is 276 g/mol. The fourth-order valence-corrected chi connectivity index (χ4v) is 3.01. The molecule has 110 valence electrons. The minimum Gasteiger partial charge on any atom is -0.505 e. The first-order valence-corrected chi connectivity index (χ1v) is 7.34. The predicted molar refractivity (Wildman–Crippen MR) is 81.0 cm³/mol. The summed E-state index contributed by atoms with van der Waals surface area (Å²) in [5.41, 5.74) is 1.18. The summed E-state index contributed by atoms with van der Waals surface area (Å²) in [5.74, 6) is 0.116. The van der Waals surface area contributed by atoms with Gasteiger partial charge in [-0.1, -0.05) is 31.4 Å². The Hall–Kier alpha value is -1.55. The topological polar surface area (TPSA) is 61.4 Å². The van der Waals surface area contributed by atoms with Gasteiger partial charge in [-0.2, -0.15) is 0 Å². The Bertz CT molecular complexity index is 479. The van der Waals surface area contributed by atoms with E-state index in [-0.39, 0.29) is 17.2 Å². The van der Waals surface area contributed by atoms with Crippen LogP contribution in [0.4, 0.5) is 5.69 Å². The molecule has 0 saturated heterocycles. The van der Waals surface area contributed by atoms with Crippen molar-refractivity contribution in [1.82, 2.24) is 5.32 Å². The minimum atomic E-state index is -0.0816. The van der Waals surface area contributed by atoms with Gasteiger partial charge in [0.25, 0.3) is 0 Å². The molecule has 0 aliphatic heterocycles. The van der Waals surface area contributed by atoms with Crippen LogP contribution in [-0.2, 0) is 4.79 Å². The van der Waals surface area contributed by atoms with Crippen molar-refractivity contribution in [3.8, 4) is 5.75 Å². The van der Waals surface area contributed by atoms with Gasteiger partial charge in [-0.15, -0.1) is 0 Å². The molecule has 1 fully saturated rings. The summed E-state index contributed by atoms with van der Waals surface area (Å²) in [6.07, 6.45) is 6.13. The second kappa shape index (κ2) is 6.27. The molecule has 0 bridgehead atoms. The SMILES string of the molecule is CNC1(CC(=O)Nc2cccc(C)c2O)CCCCC1. The number of phenols is 1. The third-order valence-corrected chi connectivity index (χ3v) is 4.35. The summed E-state index contributed by atoms with van der Waals surface area (Å²) in [6.45, 7) is 1.82. The number of amides is 1. The van der Waals surface area contributed by atoms with Gasteiger partial charge in [0.15, 0.2) is 0 Å². The van der Waals surface area contributed by atoms with Gasteiger partial charge in [0.2, 0.25) is 5.91 Å². The Morgan fingerprint density at radius 1 is 1.30 bits per heavy atom. The average Bonchev–Trinajstić information content (AvgIpc) is 2.45. The van der Waals surface area contributed by atoms with Crippen LogP contribution in [0.5, 0.6) is 5.75 Å². The van der Waals surface area contributed by atoms with E-state index in [0.29, 0.717) is 12.1 Å². The highest BCUT2D eigenvalue weighted by molar-refractivity contribution is 5.93. The number of nitrogens with one attached hydrogen (secondary N) is 2. The lowest BCUT2D eigenvalue weighted by Gasteiger charge is -2.36. The second-order valence-electron chi connectivity index (χ2n) is 5.79. The number of para-hydroxylation sites is 1. The highest BCUT2D eigenvalue weighted by Crippen LogP contribution is 2.32. The summed E-state index contributed by atoms with van der Waals surface area (Å²) >= 11 is 0. The molecule has 0 unspecified atom stereocenters. The maximum Gasteiger partial charge on any atom is 0.226 e. The van der Waals surface area contributed by atoms with E-state index < -0.39 is 0 Å². The number of hydrogen-bond acceptors (Lipinski definition) is 3. The van der Waals surface area contributed by atoms with Crippen LogP contribution >= 0.6 is 0 Å². The van der Waals surface area contributed by atoms with Crippen molar-refractivity contribution in [2.45, 2.75) is 51.0 Å². The molecule has 1 aliphatic carbocycles. The number of aryl methyl sites for hydroxylation is 1. The number of hydrogen-bond donors (Lipinski definition) is 3. The van der Waals surface area contributed by atoms with E-state index in [0.717, 1.165) is 18.4 Å². The predicted octanol–water partition coefficient (Wildman–Crippen LogP) is 2.95. The van der Waals surface area contributed by atoms with Crippen LogP contribution < -0.4 is 10.6 Å². The number of benzene rings is 1. The maximum absolute atomic E-state index is 12.2. The Kier molecular flexibility index (Phi) is 4.65. The average molecular weight is 276 g/mol. The van der Waals surface area contributed by atoms with Crippen molar-refractivity contribution in [3.63, 3.8) is 0 Å². The summed E-state index contributed by atoms with van der Waals surface area (Å²) in [5, 5.41) is 16.1. The molecule has 0 radical (unpaired) electrons. The Morgan fingerprint density at radius 2 is 2.00 bits per heavy atom. The molecular formula is C16H24N2O2. The van der Waals surface area contributed by atoms with Crippen LogP contribution in [0.3, 0.4) is 0 Å². The van der Waals surface area contributed by atoms with E-state index in [1.165, 1.54) is 19.3 Å². The molecule has 0 heterocycles. The van der Waals surface area contributed by atoms with Crippen molar-refractivity contribution < 1.29 is 9.90 Å². The molecule has 1 saturated carbocycles. The van der Waals surface area contributed by atoms with Gasteiger partial charge in [0, 0.05) is 12.0 Å². The zero-order chi connectivity index (χ0) is 14.6. The number of phenolic OH excluding ortho intramolecular Hbond substituents is 1. The fraction of sp³-hybridized carbons (Fsp3) is 0.562. The van der Waals surface area contributed by atoms with Crippen molar-refractivity contribution >= 4 is 11.6 Å². The van der Waals surface area contributed by atoms with E-state index in [2.05, 4.69) is 10.6 Å². The largest absolute Gasteiger partial charge is 0.505 e. The molecule has 4 nitrogen and oxygen atoms in total. The van der Waals surface area contributed by atoms with Gasteiger partial charge in [-0.3, -0.25) is 4.79 Å². The van der Waals surface area contributed by atoms with Gasteiger partial charge >= 0.3 is 0 Å². The van der Waals surface area contributed by atoms with E-state index in [1.54, 1.807) is 6.07 Å². The van der Waals surface area contributed by atoms with E-state index >= 15 is 0 Å². The fourth-order valence-electron chi connectivity index (χ4n) is 3.01. The third kappa shape index (κ3) is 3.31. The smallest absolute Gasteiger partial charge is 0.226 e. The molecule has 1 aliphatic rings.